The number of rotatable bonds is 5. The minimum absolute atomic E-state index is 0.109. The van der Waals surface area contributed by atoms with Crippen LogP contribution in [-0.2, 0) is 11.3 Å². The van der Waals surface area contributed by atoms with E-state index in [2.05, 4.69) is 4.98 Å². The number of aromatic nitrogens is 1. The number of nitrogens with zero attached hydrogens (tertiary/aromatic N) is 2. The highest BCUT2D eigenvalue weighted by Gasteiger charge is 2.22. The summed E-state index contributed by atoms with van der Waals surface area (Å²) in [4.78, 5) is 18.8. The van der Waals surface area contributed by atoms with Crippen LogP contribution in [0, 0.1) is 11.7 Å². The SMILES string of the molecule is O=C(CC1CCCCC1)N(Cc1cccnc1)c1ccc(F)cc1. The Hall–Kier alpha value is -2.23. The Morgan fingerprint density at radius 3 is 2.54 bits per heavy atom. The minimum Gasteiger partial charge on any atom is -0.308 e. The highest BCUT2D eigenvalue weighted by atomic mass is 19.1. The lowest BCUT2D eigenvalue weighted by atomic mass is 9.86. The number of halogens is 1. The largest absolute Gasteiger partial charge is 0.308 e. The molecule has 24 heavy (non-hydrogen) atoms. The van der Waals surface area contributed by atoms with E-state index in [1.54, 1.807) is 29.4 Å². The second-order valence-electron chi connectivity index (χ2n) is 6.53. The highest BCUT2D eigenvalue weighted by molar-refractivity contribution is 5.93. The van der Waals surface area contributed by atoms with Gasteiger partial charge in [0.2, 0.25) is 5.91 Å². The molecular weight excluding hydrogens is 303 g/mol. The van der Waals surface area contributed by atoms with Crippen molar-refractivity contribution >= 4 is 11.6 Å². The standard InChI is InChI=1S/C20H23FN2O/c21-18-8-10-19(11-9-18)23(15-17-7-4-12-22-14-17)20(24)13-16-5-2-1-3-6-16/h4,7-12,14,16H,1-3,5-6,13,15H2. The first-order valence-corrected chi connectivity index (χ1v) is 8.67. The van der Waals surface area contributed by atoms with Crippen molar-refractivity contribution in [1.82, 2.24) is 4.98 Å². The van der Waals surface area contributed by atoms with E-state index >= 15 is 0 Å². The number of anilines is 1. The monoisotopic (exact) mass is 326 g/mol. The van der Waals surface area contributed by atoms with Crippen LogP contribution in [-0.4, -0.2) is 10.9 Å². The van der Waals surface area contributed by atoms with Crippen LogP contribution in [0.15, 0.2) is 48.8 Å². The van der Waals surface area contributed by atoms with Gasteiger partial charge in [-0.2, -0.15) is 0 Å². The zero-order valence-corrected chi connectivity index (χ0v) is 13.8. The molecule has 1 aliphatic carbocycles. The summed E-state index contributed by atoms with van der Waals surface area (Å²) in [5.74, 6) is 0.292. The summed E-state index contributed by atoms with van der Waals surface area (Å²) in [5, 5.41) is 0. The zero-order chi connectivity index (χ0) is 16.8. The molecule has 1 heterocycles. The molecule has 0 spiro atoms. The molecule has 0 radical (unpaired) electrons. The van der Waals surface area contributed by atoms with Crippen LogP contribution in [0.3, 0.4) is 0 Å². The Bertz CT molecular complexity index is 651. The lowest BCUT2D eigenvalue weighted by Gasteiger charge is -2.27. The number of carbonyl (C=O) groups excluding carboxylic acids is 1. The average Bonchev–Trinajstić information content (AvgIpc) is 2.62. The number of benzene rings is 1. The van der Waals surface area contributed by atoms with Gasteiger partial charge in [-0.3, -0.25) is 9.78 Å². The van der Waals surface area contributed by atoms with E-state index in [4.69, 9.17) is 0 Å². The van der Waals surface area contributed by atoms with Crippen molar-refractivity contribution in [3.63, 3.8) is 0 Å². The maximum Gasteiger partial charge on any atom is 0.227 e. The molecule has 126 valence electrons. The molecule has 4 heteroatoms. The molecular formula is C20H23FN2O. The average molecular weight is 326 g/mol. The van der Waals surface area contributed by atoms with Crippen molar-refractivity contribution in [1.29, 1.82) is 0 Å². The molecule has 1 amide bonds. The smallest absolute Gasteiger partial charge is 0.227 e. The molecule has 0 N–H and O–H groups in total. The van der Waals surface area contributed by atoms with Gasteiger partial charge in [-0.05, 0) is 54.7 Å². The lowest BCUT2D eigenvalue weighted by molar-refractivity contribution is -0.119. The molecule has 0 unspecified atom stereocenters. The van der Waals surface area contributed by atoms with E-state index < -0.39 is 0 Å². The van der Waals surface area contributed by atoms with Gasteiger partial charge in [0.1, 0.15) is 5.82 Å². The second-order valence-corrected chi connectivity index (χ2v) is 6.53. The Balaban J connectivity index is 1.77. The quantitative estimate of drug-likeness (QED) is 0.796. The number of amides is 1. The molecule has 2 aromatic rings. The molecule has 3 nitrogen and oxygen atoms in total. The molecule has 0 bridgehead atoms. The summed E-state index contributed by atoms with van der Waals surface area (Å²) in [6.07, 6.45) is 10.0. The predicted octanol–water partition coefficient (Wildman–Crippen LogP) is 4.72. The molecule has 0 atom stereocenters. The maximum absolute atomic E-state index is 13.2. The van der Waals surface area contributed by atoms with Gasteiger partial charge in [0.05, 0.1) is 6.54 Å². The zero-order valence-electron chi connectivity index (χ0n) is 13.8. The number of carbonyl (C=O) groups is 1. The second kappa shape index (κ2) is 8.04. The molecule has 0 aliphatic heterocycles. The highest BCUT2D eigenvalue weighted by Crippen LogP contribution is 2.28. The van der Waals surface area contributed by atoms with Gasteiger partial charge >= 0.3 is 0 Å². The third-order valence-corrected chi connectivity index (χ3v) is 4.69. The van der Waals surface area contributed by atoms with Gasteiger partial charge in [-0.1, -0.05) is 25.3 Å². The van der Waals surface area contributed by atoms with E-state index in [1.807, 2.05) is 12.1 Å². The molecule has 0 saturated heterocycles. The van der Waals surface area contributed by atoms with Crippen LogP contribution in [0.2, 0.25) is 0 Å². The first kappa shape index (κ1) is 16.6. The summed E-state index contributed by atoms with van der Waals surface area (Å²) in [6, 6.07) is 9.97. The van der Waals surface area contributed by atoms with Gasteiger partial charge in [-0.15, -0.1) is 0 Å². The first-order chi connectivity index (χ1) is 11.7. The Morgan fingerprint density at radius 1 is 1.12 bits per heavy atom. The Labute approximate surface area is 142 Å². The van der Waals surface area contributed by atoms with Gasteiger partial charge < -0.3 is 4.90 Å². The van der Waals surface area contributed by atoms with Crippen LogP contribution in [0.4, 0.5) is 10.1 Å². The van der Waals surface area contributed by atoms with Crippen molar-refractivity contribution in [2.75, 3.05) is 4.90 Å². The molecule has 1 aromatic heterocycles. The summed E-state index contributed by atoms with van der Waals surface area (Å²) in [5.41, 5.74) is 1.71. The fourth-order valence-electron chi connectivity index (χ4n) is 3.37. The fourth-order valence-corrected chi connectivity index (χ4v) is 3.37. The number of hydrogen-bond acceptors (Lipinski definition) is 2. The topological polar surface area (TPSA) is 33.2 Å². The van der Waals surface area contributed by atoms with E-state index in [-0.39, 0.29) is 11.7 Å². The van der Waals surface area contributed by atoms with Crippen LogP contribution >= 0.6 is 0 Å². The third kappa shape index (κ3) is 4.40. The number of pyridine rings is 1. The fraction of sp³-hybridized carbons (Fsp3) is 0.400. The van der Waals surface area contributed by atoms with Crippen molar-refractivity contribution in [3.05, 3.63) is 60.2 Å². The minimum atomic E-state index is -0.292. The predicted molar refractivity (Wildman–Crippen MR) is 93.0 cm³/mol. The molecule has 1 saturated carbocycles. The number of hydrogen-bond donors (Lipinski definition) is 0. The van der Waals surface area contributed by atoms with E-state index in [9.17, 15) is 9.18 Å². The van der Waals surface area contributed by atoms with E-state index in [0.29, 0.717) is 18.9 Å². The summed E-state index contributed by atoms with van der Waals surface area (Å²) < 4.78 is 13.2. The van der Waals surface area contributed by atoms with Crippen LogP contribution in [0.5, 0.6) is 0 Å². The van der Waals surface area contributed by atoms with E-state index in [1.165, 1.54) is 31.4 Å². The Morgan fingerprint density at radius 2 is 1.88 bits per heavy atom. The van der Waals surface area contributed by atoms with Crippen molar-refractivity contribution in [2.24, 2.45) is 5.92 Å². The van der Waals surface area contributed by atoms with Crippen LogP contribution < -0.4 is 4.90 Å². The summed E-state index contributed by atoms with van der Waals surface area (Å²) in [6.45, 7) is 0.463. The van der Waals surface area contributed by atoms with Crippen molar-refractivity contribution < 1.29 is 9.18 Å². The van der Waals surface area contributed by atoms with Crippen LogP contribution in [0.25, 0.3) is 0 Å². The van der Waals surface area contributed by atoms with Gasteiger partial charge in [0, 0.05) is 24.5 Å². The normalized spacial score (nSPS) is 15.2. The van der Waals surface area contributed by atoms with Crippen molar-refractivity contribution in [3.8, 4) is 0 Å². The molecule has 1 aliphatic rings. The third-order valence-electron chi connectivity index (χ3n) is 4.69. The molecule has 3 rings (SSSR count). The Kier molecular flexibility index (Phi) is 5.57. The maximum atomic E-state index is 13.2. The molecule has 1 fully saturated rings. The summed E-state index contributed by atoms with van der Waals surface area (Å²) in [7, 11) is 0. The lowest BCUT2D eigenvalue weighted by Crippen LogP contribution is -2.32. The summed E-state index contributed by atoms with van der Waals surface area (Å²) >= 11 is 0. The van der Waals surface area contributed by atoms with Gasteiger partial charge in [0.15, 0.2) is 0 Å². The van der Waals surface area contributed by atoms with E-state index in [0.717, 1.165) is 24.1 Å². The molecule has 1 aromatic carbocycles. The van der Waals surface area contributed by atoms with Gasteiger partial charge in [0.25, 0.3) is 0 Å². The van der Waals surface area contributed by atoms with Crippen molar-refractivity contribution in [2.45, 2.75) is 45.1 Å². The van der Waals surface area contributed by atoms with Crippen LogP contribution in [0.1, 0.15) is 44.1 Å². The first-order valence-electron chi connectivity index (χ1n) is 8.67. The van der Waals surface area contributed by atoms with Gasteiger partial charge in [-0.25, -0.2) is 4.39 Å².